The van der Waals surface area contributed by atoms with Gasteiger partial charge in [0.1, 0.15) is 23.0 Å². The Morgan fingerprint density at radius 2 is 1.61 bits per heavy atom. The van der Waals surface area contributed by atoms with Gasteiger partial charge in [-0.25, -0.2) is 4.98 Å². The lowest BCUT2D eigenvalue weighted by molar-refractivity contribution is 0.395. The number of hydrogen-bond acceptors (Lipinski definition) is 8. The predicted octanol–water partition coefficient (Wildman–Crippen LogP) is 4.29. The van der Waals surface area contributed by atoms with E-state index in [-0.39, 0.29) is 0 Å². The average Bonchev–Trinajstić information content (AvgIpc) is 3.21. The molecule has 2 aromatic carbocycles. The molecule has 0 aliphatic rings. The Kier molecular flexibility index (Phi) is 6.33. The number of methoxy groups -OCH3 is 4. The van der Waals surface area contributed by atoms with Crippen molar-refractivity contribution >= 4 is 22.7 Å². The Hall–Kier alpha value is -3.26. The molecule has 0 bridgehead atoms. The summed E-state index contributed by atoms with van der Waals surface area (Å²) in [5.74, 6) is 2.85. The number of benzene rings is 2. The average molecular weight is 399 g/mol. The van der Waals surface area contributed by atoms with E-state index < -0.39 is 0 Å². The van der Waals surface area contributed by atoms with Crippen LogP contribution in [-0.2, 0) is 0 Å². The number of hydrogen-bond donors (Lipinski definition) is 1. The molecule has 0 atom stereocenters. The van der Waals surface area contributed by atoms with Crippen LogP contribution in [0.1, 0.15) is 5.56 Å². The van der Waals surface area contributed by atoms with E-state index in [2.05, 4.69) is 15.5 Å². The van der Waals surface area contributed by atoms with Crippen molar-refractivity contribution in [2.45, 2.75) is 0 Å². The molecule has 1 heterocycles. The smallest absolute Gasteiger partial charge is 0.203 e. The van der Waals surface area contributed by atoms with Crippen molar-refractivity contribution in [2.24, 2.45) is 5.10 Å². The SMILES string of the molecule is COc1ccc(OC)c(/C=N\Nc2nc(-c3ccc(OC)cc3OC)cs2)c1. The number of ether oxygens (including phenoxy) is 4. The van der Waals surface area contributed by atoms with E-state index in [4.69, 9.17) is 18.9 Å². The number of anilines is 1. The number of nitrogens with one attached hydrogen (secondary N) is 1. The first-order valence-electron chi connectivity index (χ1n) is 8.37. The van der Waals surface area contributed by atoms with Gasteiger partial charge < -0.3 is 18.9 Å². The third kappa shape index (κ3) is 4.34. The molecule has 28 heavy (non-hydrogen) atoms. The van der Waals surface area contributed by atoms with E-state index >= 15 is 0 Å². The summed E-state index contributed by atoms with van der Waals surface area (Å²) in [6, 6.07) is 11.1. The molecule has 1 aromatic heterocycles. The van der Waals surface area contributed by atoms with Crippen molar-refractivity contribution in [3.8, 4) is 34.3 Å². The second kappa shape index (κ2) is 9.09. The number of aromatic nitrogens is 1. The van der Waals surface area contributed by atoms with Gasteiger partial charge in [0, 0.05) is 22.6 Å². The summed E-state index contributed by atoms with van der Waals surface area (Å²) in [6.45, 7) is 0. The lowest BCUT2D eigenvalue weighted by Crippen LogP contribution is -1.95. The van der Waals surface area contributed by atoms with E-state index in [1.807, 2.05) is 41.8 Å². The summed E-state index contributed by atoms with van der Waals surface area (Å²) in [5.41, 5.74) is 5.41. The number of hydrazone groups is 1. The fourth-order valence-corrected chi connectivity index (χ4v) is 3.22. The van der Waals surface area contributed by atoms with Crippen LogP contribution < -0.4 is 24.4 Å². The summed E-state index contributed by atoms with van der Waals surface area (Å²) in [7, 11) is 6.47. The molecule has 0 aliphatic carbocycles. The first kappa shape index (κ1) is 19.5. The Balaban J connectivity index is 1.76. The van der Waals surface area contributed by atoms with Gasteiger partial charge in [0.25, 0.3) is 0 Å². The Bertz CT molecular complexity index is 972. The largest absolute Gasteiger partial charge is 0.497 e. The van der Waals surface area contributed by atoms with E-state index in [9.17, 15) is 0 Å². The van der Waals surface area contributed by atoms with Crippen molar-refractivity contribution in [2.75, 3.05) is 33.9 Å². The molecular formula is C20H21N3O4S. The van der Waals surface area contributed by atoms with E-state index in [1.165, 1.54) is 11.3 Å². The summed E-state index contributed by atoms with van der Waals surface area (Å²) >= 11 is 1.45. The van der Waals surface area contributed by atoms with Gasteiger partial charge >= 0.3 is 0 Å². The van der Waals surface area contributed by atoms with Crippen LogP contribution in [0.4, 0.5) is 5.13 Å². The Labute approximate surface area is 167 Å². The quantitative estimate of drug-likeness (QED) is 0.450. The van der Waals surface area contributed by atoms with Gasteiger partial charge in [0.2, 0.25) is 5.13 Å². The second-order valence-corrected chi connectivity index (χ2v) is 6.44. The third-order valence-corrected chi connectivity index (χ3v) is 4.74. The predicted molar refractivity (Wildman–Crippen MR) is 111 cm³/mol. The highest BCUT2D eigenvalue weighted by atomic mass is 32.1. The summed E-state index contributed by atoms with van der Waals surface area (Å²) in [5, 5.41) is 6.86. The Morgan fingerprint density at radius 3 is 2.32 bits per heavy atom. The van der Waals surface area contributed by atoms with E-state index in [1.54, 1.807) is 34.7 Å². The molecule has 0 radical (unpaired) electrons. The first-order valence-corrected chi connectivity index (χ1v) is 9.25. The standard InChI is InChI=1S/C20H21N3O4S/c1-24-14-6-8-18(26-3)13(9-14)11-21-23-20-22-17(12-28-20)16-7-5-15(25-2)10-19(16)27-4/h5-12H,1-4H3,(H,22,23)/b21-11-. The van der Waals surface area contributed by atoms with Crippen LogP contribution in [0.5, 0.6) is 23.0 Å². The van der Waals surface area contributed by atoms with Crippen LogP contribution in [0.15, 0.2) is 46.9 Å². The van der Waals surface area contributed by atoms with Crippen LogP contribution in [-0.4, -0.2) is 39.6 Å². The van der Waals surface area contributed by atoms with E-state index in [0.29, 0.717) is 16.6 Å². The minimum Gasteiger partial charge on any atom is -0.497 e. The van der Waals surface area contributed by atoms with Crippen molar-refractivity contribution in [3.63, 3.8) is 0 Å². The molecule has 0 fully saturated rings. The molecule has 8 heteroatoms. The fraction of sp³-hybridized carbons (Fsp3) is 0.200. The van der Waals surface area contributed by atoms with Crippen molar-refractivity contribution in [1.29, 1.82) is 0 Å². The van der Waals surface area contributed by atoms with Gasteiger partial charge in [0.05, 0.1) is 40.3 Å². The number of thiazole rings is 1. The van der Waals surface area contributed by atoms with Crippen LogP contribution in [0.25, 0.3) is 11.3 Å². The zero-order chi connectivity index (χ0) is 19.9. The van der Waals surface area contributed by atoms with E-state index in [0.717, 1.165) is 28.3 Å². The normalized spacial score (nSPS) is 10.7. The molecule has 3 aromatic rings. The van der Waals surface area contributed by atoms with Crippen LogP contribution >= 0.6 is 11.3 Å². The van der Waals surface area contributed by atoms with Crippen molar-refractivity contribution < 1.29 is 18.9 Å². The molecule has 0 amide bonds. The molecule has 1 N–H and O–H groups in total. The molecular weight excluding hydrogens is 378 g/mol. The maximum absolute atomic E-state index is 5.45. The summed E-state index contributed by atoms with van der Waals surface area (Å²) < 4.78 is 21.3. The van der Waals surface area contributed by atoms with Gasteiger partial charge in [-0.1, -0.05) is 0 Å². The Morgan fingerprint density at radius 1 is 0.893 bits per heavy atom. The molecule has 0 spiro atoms. The minimum atomic E-state index is 0.658. The van der Waals surface area contributed by atoms with Gasteiger partial charge in [-0.2, -0.15) is 5.10 Å². The third-order valence-electron chi connectivity index (χ3n) is 3.99. The van der Waals surface area contributed by atoms with Gasteiger partial charge in [-0.15, -0.1) is 11.3 Å². The fourth-order valence-electron chi connectivity index (χ4n) is 2.56. The molecule has 3 rings (SSSR count). The lowest BCUT2D eigenvalue weighted by atomic mass is 10.1. The van der Waals surface area contributed by atoms with Crippen LogP contribution in [0, 0.1) is 0 Å². The summed E-state index contributed by atoms with van der Waals surface area (Å²) in [6.07, 6.45) is 1.66. The number of rotatable bonds is 8. The van der Waals surface area contributed by atoms with Crippen molar-refractivity contribution in [1.82, 2.24) is 4.98 Å². The minimum absolute atomic E-state index is 0.658. The monoisotopic (exact) mass is 399 g/mol. The van der Waals surface area contributed by atoms with Crippen molar-refractivity contribution in [3.05, 3.63) is 47.3 Å². The maximum atomic E-state index is 5.45. The van der Waals surface area contributed by atoms with Gasteiger partial charge in [0.15, 0.2) is 0 Å². The molecule has 0 saturated heterocycles. The van der Waals surface area contributed by atoms with Gasteiger partial charge in [-0.3, -0.25) is 5.43 Å². The molecule has 146 valence electrons. The van der Waals surface area contributed by atoms with Gasteiger partial charge in [-0.05, 0) is 30.3 Å². The highest BCUT2D eigenvalue weighted by molar-refractivity contribution is 7.14. The highest BCUT2D eigenvalue weighted by Gasteiger charge is 2.11. The second-order valence-electron chi connectivity index (χ2n) is 5.58. The topological polar surface area (TPSA) is 74.2 Å². The number of nitrogens with zero attached hydrogens (tertiary/aromatic N) is 2. The molecule has 7 nitrogen and oxygen atoms in total. The highest BCUT2D eigenvalue weighted by Crippen LogP contribution is 2.34. The molecule has 0 unspecified atom stereocenters. The van der Waals surface area contributed by atoms with Crippen LogP contribution in [0.2, 0.25) is 0 Å². The molecule has 0 saturated carbocycles. The zero-order valence-corrected chi connectivity index (χ0v) is 16.9. The summed E-state index contributed by atoms with van der Waals surface area (Å²) in [4.78, 5) is 4.57. The zero-order valence-electron chi connectivity index (χ0n) is 16.1. The maximum Gasteiger partial charge on any atom is 0.203 e. The molecule has 0 aliphatic heterocycles. The lowest BCUT2D eigenvalue weighted by Gasteiger charge is -2.08. The van der Waals surface area contributed by atoms with Crippen LogP contribution in [0.3, 0.4) is 0 Å². The first-order chi connectivity index (χ1) is 13.7.